The highest BCUT2D eigenvalue weighted by molar-refractivity contribution is 5.77. The Hall–Kier alpha value is -1.37. The molecule has 1 amide bonds. The Morgan fingerprint density at radius 1 is 1.63 bits per heavy atom. The average molecular weight is 267 g/mol. The molecule has 106 valence electrons. The van der Waals surface area contributed by atoms with E-state index >= 15 is 0 Å². The van der Waals surface area contributed by atoms with Crippen molar-refractivity contribution in [2.45, 2.75) is 12.6 Å². The fourth-order valence-electron chi connectivity index (χ4n) is 2.10. The van der Waals surface area contributed by atoms with Crippen LogP contribution < -0.4 is 5.73 Å². The van der Waals surface area contributed by atoms with E-state index in [1.165, 1.54) is 0 Å². The van der Waals surface area contributed by atoms with Gasteiger partial charge in [0, 0.05) is 26.7 Å². The Kier molecular flexibility index (Phi) is 4.95. The van der Waals surface area contributed by atoms with Crippen molar-refractivity contribution in [3.63, 3.8) is 0 Å². The van der Waals surface area contributed by atoms with E-state index < -0.39 is 0 Å². The summed E-state index contributed by atoms with van der Waals surface area (Å²) in [5, 5.41) is 0. The molecule has 1 unspecified atom stereocenters. The van der Waals surface area contributed by atoms with Crippen molar-refractivity contribution in [1.82, 2.24) is 9.80 Å². The summed E-state index contributed by atoms with van der Waals surface area (Å²) in [5.41, 5.74) is 5.59. The van der Waals surface area contributed by atoms with Crippen LogP contribution in [0.1, 0.15) is 5.76 Å². The first-order chi connectivity index (χ1) is 9.19. The fourth-order valence-corrected chi connectivity index (χ4v) is 2.10. The summed E-state index contributed by atoms with van der Waals surface area (Å²) in [6.07, 6.45) is 1.65. The molecule has 6 nitrogen and oxygen atoms in total. The summed E-state index contributed by atoms with van der Waals surface area (Å²) < 4.78 is 10.7. The zero-order chi connectivity index (χ0) is 13.7. The molecule has 0 aromatic carbocycles. The van der Waals surface area contributed by atoms with Gasteiger partial charge in [-0.2, -0.15) is 0 Å². The van der Waals surface area contributed by atoms with E-state index in [2.05, 4.69) is 4.90 Å². The highest BCUT2D eigenvalue weighted by atomic mass is 16.5. The largest absolute Gasteiger partial charge is 0.467 e. The van der Waals surface area contributed by atoms with E-state index in [4.69, 9.17) is 14.9 Å². The second kappa shape index (κ2) is 6.70. The van der Waals surface area contributed by atoms with Gasteiger partial charge in [-0.3, -0.25) is 9.69 Å². The van der Waals surface area contributed by atoms with Crippen molar-refractivity contribution in [1.29, 1.82) is 0 Å². The van der Waals surface area contributed by atoms with Crippen molar-refractivity contribution in [2.24, 2.45) is 5.73 Å². The number of ether oxygens (including phenoxy) is 1. The number of hydrogen-bond acceptors (Lipinski definition) is 5. The van der Waals surface area contributed by atoms with Crippen LogP contribution in [0.4, 0.5) is 0 Å². The quantitative estimate of drug-likeness (QED) is 0.806. The molecular formula is C13H21N3O3. The Labute approximate surface area is 113 Å². The molecule has 0 spiro atoms. The normalized spacial score (nSPS) is 20.4. The van der Waals surface area contributed by atoms with Gasteiger partial charge in [0.05, 0.1) is 32.1 Å². The van der Waals surface area contributed by atoms with Gasteiger partial charge in [0.2, 0.25) is 5.91 Å². The lowest BCUT2D eigenvalue weighted by molar-refractivity contribution is -0.133. The molecule has 1 aromatic rings. The summed E-state index contributed by atoms with van der Waals surface area (Å²) in [4.78, 5) is 15.9. The highest BCUT2D eigenvalue weighted by Crippen LogP contribution is 2.07. The molecule has 1 saturated heterocycles. The zero-order valence-electron chi connectivity index (χ0n) is 11.2. The van der Waals surface area contributed by atoms with Crippen molar-refractivity contribution in [3.8, 4) is 0 Å². The number of amides is 1. The minimum Gasteiger partial charge on any atom is -0.467 e. The van der Waals surface area contributed by atoms with Gasteiger partial charge >= 0.3 is 0 Å². The third-order valence-corrected chi connectivity index (χ3v) is 3.24. The number of furan rings is 1. The summed E-state index contributed by atoms with van der Waals surface area (Å²) in [5.74, 6) is 0.867. The SMILES string of the molecule is CN(Cc1ccco1)C(=O)CN1CCOC(CN)C1. The molecule has 0 bridgehead atoms. The third kappa shape index (κ3) is 4.05. The van der Waals surface area contributed by atoms with Crippen LogP contribution in [-0.4, -0.2) is 61.6 Å². The maximum absolute atomic E-state index is 12.1. The minimum atomic E-state index is 0.0388. The Bertz CT molecular complexity index is 394. The number of morpholine rings is 1. The van der Waals surface area contributed by atoms with Crippen LogP contribution >= 0.6 is 0 Å². The van der Waals surface area contributed by atoms with E-state index in [9.17, 15) is 4.79 Å². The molecule has 0 aliphatic carbocycles. The lowest BCUT2D eigenvalue weighted by Crippen LogP contribution is -2.49. The lowest BCUT2D eigenvalue weighted by atomic mass is 10.2. The standard InChI is InChI=1S/C13H21N3O3/c1-15(8-11-3-2-5-18-11)13(17)10-16-4-6-19-12(7-14)9-16/h2-3,5,12H,4,6-10,14H2,1H3. The molecule has 2 N–H and O–H groups in total. The number of hydrogen-bond donors (Lipinski definition) is 1. The van der Waals surface area contributed by atoms with E-state index in [1.54, 1.807) is 18.2 Å². The molecule has 0 radical (unpaired) electrons. The molecule has 1 atom stereocenters. The molecule has 1 fully saturated rings. The van der Waals surface area contributed by atoms with Crippen molar-refractivity contribution < 1.29 is 13.9 Å². The average Bonchev–Trinajstić information content (AvgIpc) is 2.91. The molecular weight excluding hydrogens is 246 g/mol. The molecule has 2 rings (SSSR count). The number of likely N-dealkylation sites (N-methyl/N-ethyl adjacent to an activating group) is 1. The van der Waals surface area contributed by atoms with Crippen LogP contribution in [0.2, 0.25) is 0 Å². The van der Waals surface area contributed by atoms with Crippen LogP contribution in [0, 0.1) is 0 Å². The van der Waals surface area contributed by atoms with E-state index in [1.807, 2.05) is 12.1 Å². The molecule has 6 heteroatoms. The summed E-state index contributed by atoms with van der Waals surface area (Å²) >= 11 is 0. The number of nitrogens with two attached hydrogens (primary N) is 1. The van der Waals surface area contributed by atoms with Gasteiger partial charge in [-0.05, 0) is 12.1 Å². The number of carbonyl (C=O) groups is 1. The zero-order valence-corrected chi connectivity index (χ0v) is 11.2. The van der Waals surface area contributed by atoms with E-state index in [0.29, 0.717) is 26.2 Å². The molecule has 1 aliphatic heterocycles. The van der Waals surface area contributed by atoms with Gasteiger partial charge < -0.3 is 19.8 Å². The second-order valence-corrected chi connectivity index (χ2v) is 4.79. The smallest absolute Gasteiger partial charge is 0.236 e. The number of nitrogens with zero attached hydrogens (tertiary/aromatic N) is 2. The Morgan fingerprint density at radius 2 is 2.47 bits per heavy atom. The lowest BCUT2D eigenvalue weighted by Gasteiger charge is -2.32. The first kappa shape index (κ1) is 14.0. The Morgan fingerprint density at radius 3 is 3.16 bits per heavy atom. The van der Waals surface area contributed by atoms with E-state index in [0.717, 1.165) is 18.8 Å². The molecule has 1 aliphatic rings. The monoisotopic (exact) mass is 267 g/mol. The Balaban J connectivity index is 1.79. The van der Waals surface area contributed by atoms with Crippen LogP contribution in [-0.2, 0) is 16.1 Å². The van der Waals surface area contributed by atoms with Gasteiger partial charge in [-0.15, -0.1) is 0 Å². The fraction of sp³-hybridized carbons (Fsp3) is 0.615. The number of carbonyl (C=O) groups excluding carboxylic acids is 1. The molecule has 1 aromatic heterocycles. The van der Waals surface area contributed by atoms with Gasteiger partial charge in [0.15, 0.2) is 0 Å². The molecule has 2 heterocycles. The molecule has 0 saturated carbocycles. The van der Waals surface area contributed by atoms with Crippen LogP contribution in [0.5, 0.6) is 0 Å². The topological polar surface area (TPSA) is 71.9 Å². The highest BCUT2D eigenvalue weighted by Gasteiger charge is 2.22. The summed E-state index contributed by atoms with van der Waals surface area (Å²) in [7, 11) is 1.78. The van der Waals surface area contributed by atoms with Gasteiger partial charge in [0.1, 0.15) is 5.76 Å². The van der Waals surface area contributed by atoms with Gasteiger partial charge in [-0.25, -0.2) is 0 Å². The second-order valence-electron chi connectivity index (χ2n) is 4.79. The van der Waals surface area contributed by atoms with E-state index in [-0.39, 0.29) is 12.0 Å². The van der Waals surface area contributed by atoms with Crippen LogP contribution in [0.25, 0.3) is 0 Å². The predicted molar refractivity (Wildman–Crippen MR) is 70.4 cm³/mol. The number of rotatable bonds is 5. The van der Waals surface area contributed by atoms with Crippen molar-refractivity contribution in [2.75, 3.05) is 39.8 Å². The maximum Gasteiger partial charge on any atom is 0.236 e. The van der Waals surface area contributed by atoms with Crippen LogP contribution in [0.15, 0.2) is 22.8 Å². The first-order valence-electron chi connectivity index (χ1n) is 6.49. The van der Waals surface area contributed by atoms with Crippen molar-refractivity contribution in [3.05, 3.63) is 24.2 Å². The summed E-state index contributed by atoms with van der Waals surface area (Å²) in [6.45, 7) is 3.52. The predicted octanol–water partition coefficient (Wildman–Crippen LogP) is -0.102. The summed E-state index contributed by atoms with van der Waals surface area (Å²) in [6, 6.07) is 3.68. The minimum absolute atomic E-state index is 0.0388. The van der Waals surface area contributed by atoms with Crippen molar-refractivity contribution >= 4 is 5.91 Å². The third-order valence-electron chi connectivity index (χ3n) is 3.24. The van der Waals surface area contributed by atoms with Gasteiger partial charge in [0.25, 0.3) is 0 Å². The maximum atomic E-state index is 12.1. The molecule has 19 heavy (non-hydrogen) atoms. The van der Waals surface area contributed by atoms with Crippen LogP contribution in [0.3, 0.4) is 0 Å². The van der Waals surface area contributed by atoms with Gasteiger partial charge in [-0.1, -0.05) is 0 Å². The first-order valence-corrected chi connectivity index (χ1v) is 6.49.